The minimum atomic E-state index is -0.187. The van der Waals surface area contributed by atoms with Crippen LogP contribution in [-0.4, -0.2) is 36.6 Å². The molecule has 5 heteroatoms. The van der Waals surface area contributed by atoms with Crippen molar-refractivity contribution < 1.29 is 9.53 Å². The lowest BCUT2D eigenvalue weighted by Gasteiger charge is -2.23. The van der Waals surface area contributed by atoms with Crippen LogP contribution < -0.4 is 4.90 Å². The maximum atomic E-state index is 11.4. The topological polar surface area (TPSA) is 55.3 Å². The zero-order valence-corrected chi connectivity index (χ0v) is 11.1. The summed E-state index contributed by atoms with van der Waals surface area (Å²) in [7, 11) is 3.38. The maximum Gasteiger partial charge on any atom is 0.310 e. The van der Waals surface area contributed by atoms with E-state index in [0.29, 0.717) is 6.54 Å². The van der Waals surface area contributed by atoms with Crippen LogP contribution in [0, 0.1) is 5.92 Å². The Bertz CT molecular complexity index is 448. The van der Waals surface area contributed by atoms with E-state index in [1.165, 1.54) is 12.7 Å². The summed E-state index contributed by atoms with van der Waals surface area (Å²) in [6, 6.07) is 0. The number of ether oxygens (including phenoxy) is 1. The fraction of sp³-hybridized carbons (Fsp3) is 0.615. The van der Waals surface area contributed by atoms with Crippen molar-refractivity contribution in [3.63, 3.8) is 0 Å². The van der Waals surface area contributed by atoms with Crippen LogP contribution in [0.15, 0.2) is 6.33 Å². The summed E-state index contributed by atoms with van der Waals surface area (Å²) in [6.45, 7) is 2.47. The number of carbonyl (C=O) groups excluding carboxylic acids is 1. The lowest BCUT2D eigenvalue weighted by atomic mass is 10.1. The lowest BCUT2D eigenvalue weighted by molar-refractivity contribution is -0.144. The van der Waals surface area contributed by atoms with Gasteiger partial charge in [-0.2, -0.15) is 0 Å². The quantitative estimate of drug-likeness (QED) is 0.751. The van der Waals surface area contributed by atoms with Crippen LogP contribution in [0.5, 0.6) is 0 Å². The smallest absolute Gasteiger partial charge is 0.310 e. The Balaban J connectivity index is 2.12. The van der Waals surface area contributed by atoms with E-state index >= 15 is 0 Å². The van der Waals surface area contributed by atoms with Crippen molar-refractivity contribution in [1.29, 1.82) is 0 Å². The van der Waals surface area contributed by atoms with Crippen molar-refractivity contribution in [1.82, 2.24) is 9.97 Å². The van der Waals surface area contributed by atoms with E-state index in [4.69, 9.17) is 4.74 Å². The average Bonchev–Trinajstić information content (AvgIpc) is 2.85. The minimum Gasteiger partial charge on any atom is -0.469 e. The lowest BCUT2D eigenvalue weighted by Crippen LogP contribution is -2.30. The predicted molar refractivity (Wildman–Crippen MR) is 68.5 cm³/mol. The Morgan fingerprint density at radius 2 is 2.28 bits per heavy atom. The van der Waals surface area contributed by atoms with Crippen molar-refractivity contribution in [2.45, 2.75) is 26.2 Å². The monoisotopic (exact) mass is 249 g/mol. The Morgan fingerprint density at radius 1 is 1.50 bits per heavy atom. The summed E-state index contributed by atoms with van der Waals surface area (Å²) in [5.74, 6) is 0.604. The summed E-state index contributed by atoms with van der Waals surface area (Å²) in [6.07, 6.45) is 4.81. The first kappa shape index (κ1) is 12.8. The van der Waals surface area contributed by atoms with Crippen LogP contribution in [0.2, 0.25) is 0 Å². The number of fused-ring (bicyclic) bond motifs is 1. The van der Waals surface area contributed by atoms with Gasteiger partial charge in [0.05, 0.1) is 13.0 Å². The van der Waals surface area contributed by atoms with E-state index in [1.54, 1.807) is 6.33 Å². The van der Waals surface area contributed by atoms with E-state index < -0.39 is 0 Å². The molecule has 1 aliphatic rings. The molecule has 2 rings (SSSR count). The van der Waals surface area contributed by atoms with Crippen LogP contribution in [0.4, 0.5) is 5.82 Å². The molecule has 1 aliphatic carbocycles. The summed E-state index contributed by atoms with van der Waals surface area (Å²) in [4.78, 5) is 22.1. The van der Waals surface area contributed by atoms with Gasteiger partial charge in [-0.1, -0.05) is 6.92 Å². The standard InChI is InChI=1S/C13H19N3O2/c1-9(13(17)18-3)7-16(2)12-10-5-4-6-11(10)14-8-15-12/h8-9H,4-7H2,1-3H3. The number of nitrogens with zero attached hydrogens (tertiary/aromatic N) is 3. The highest BCUT2D eigenvalue weighted by molar-refractivity contribution is 5.72. The van der Waals surface area contributed by atoms with Crippen LogP contribution in [0.3, 0.4) is 0 Å². The maximum absolute atomic E-state index is 11.4. The van der Waals surface area contributed by atoms with E-state index in [2.05, 4.69) is 9.97 Å². The highest BCUT2D eigenvalue weighted by atomic mass is 16.5. The van der Waals surface area contributed by atoms with E-state index in [9.17, 15) is 4.79 Å². The molecule has 0 spiro atoms. The molecular formula is C13H19N3O2. The Labute approximate surface area is 107 Å². The van der Waals surface area contributed by atoms with E-state index in [1.807, 2.05) is 18.9 Å². The van der Waals surface area contributed by atoms with Crippen LogP contribution in [0.1, 0.15) is 24.6 Å². The third kappa shape index (κ3) is 2.44. The first-order valence-corrected chi connectivity index (χ1v) is 6.25. The molecule has 1 heterocycles. The highest BCUT2D eigenvalue weighted by Crippen LogP contribution is 2.27. The Morgan fingerprint density at radius 3 is 3.00 bits per heavy atom. The molecule has 1 aromatic rings. The molecule has 5 nitrogen and oxygen atoms in total. The molecule has 1 unspecified atom stereocenters. The molecule has 0 aromatic carbocycles. The molecule has 1 atom stereocenters. The van der Waals surface area contributed by atoms with Gasteiger partial charge in [-0.05, 0) is 19.3 Å². The van der Waals surface area contributed by atoms with Gasteiger partial charge in [0, 0.05) is 24.8 Å². The zero-order valence-electron chi connectivity index (χ0n) is 11.1. The second kappa shape index (κ2) is 5.33. The fourth-order valence-electron chi connectivity index (χ4n) is 2.44. The Kier molecular flexibility index (Phi) is 3.79. The average molecular weight is 249 g/mol. The molecule has 0 N–H and O–H groups in total. The normalized spacial score (nSPS) is 15.1. The number of methoxy groups -OCH3 is 1. The van der Waals surface area contributed by atoms with E-state index in [0.717, 1.165) is 30.8 Å². The molecule has 0 radical (unpaired) electrons. The van der Waals surface area contributed by atoms with Crippen LogP contribution in [-0.2, 0) is 22.4 Å². The van der Waals surface area contributed by atoms with Gasteiger partial charge >= 0.3 is 5.97 Å². The fourth-order valence-corrected chi connectivity index (χ4v) is 2.44. The summed E-state index contributed by atoms with van der Waals surface area (Å²) in [5.41, 5.74) is 2.38. The molecule has 0 fully saturated rings. The number of carbonyl (C=O) groups is 1. The zero-order chi connectivity index (χ0) is 13.1. The van der Waals surface area contributed by atoms with Gasteiger partial charge in [-0.15, -0.1) is 0 Å². The number of anilines is 1. The molecular weight excluding hydrogens is 230 g/mol. The SMILES string of the molecule is COC(=O)C(C)CN(C)c1ncnc2c1CCC2. The number of esters is 1. The first-order valence-electron chi connectivity index (χ1n) is 6.25. The van der Waals surface area contributed by atoms with Crippen LogP contribution in [0.25, 0.3) is 0 Å². The van der Waals surface area contributed by atoms with Crippen molar-refractivity contribution in [3.05, 3.63) is 17.6 Å². The predicted octanol–water partition coefficient (Wildman–Crippen LogP) is 1.21. The molecule has 0 amide bonds. The van der Waals surface area contributed by atoms with Crippen molar-refractivity contribution >= 4 is 11.8 Å². The van der Waals surface area contributed by atoms with Crippen molar-refractivity contribution in [3.8, 4) is 0 Å². The number of hydrogen-bond donors (Lipinski definition) is 0. The largest absolute Gasteiger partial charge is 0.469 e. The minimum absolute atomic E-state index is 0.160. The summed E-state index contributed by atoms with van der Waals surface area (Å²) in [5, 5.41) is 0. The van der Waals surface area contributed by atoms with Crippen molar-refractivity contribution in [2.75, 3.05) is 25.6 Å². The van der Waals surface area contributed by atoms with Gasteiger partial charge in [0.1, 0.15) is 12.1 Å². The molecule has 0 saturated heterocycles. The number of aromatic nitrogens is 2. The van der Waals surface area contributed by atoms with Gasteiger partial charge < -0.3 is 9.64 Å². The third-order valence-corrected chi connectivity index (χ3v) is 3.37. The molecule has 98 valence electrons. The number of rotatable bonds is 4. The molecule has 1 aromatic heterocycles. The van der Waals surface area contributed by atoms with Gasteiger partial charge in [-0.3, -0.25) is 4.79 Å². The third-order valence-electron chi connectivity index (χ3n) is 3.37. The van der Waals surface area contributed by atoms with Crippen LogP contribution >= 0.6 is 0 Å². The molecule has 0 aliphatic heterocycles. The van der Waals surface area contributed by atoms with E-state index in [-0.39, 0.29) is 11.9 Å². The summed E-state index contributed by atoms with van der Waals surface area (Å²) < 4.78 is 4.74. The van der Waals surface area contributed by atoms with Gasteiger partial charge in [0.15, 0.2) is 0 Å². The van der Waals surface area contributed by atoms with Gasteiger partial charge in [0.25, 0.3) is 0 Å². The number of aryl methyl sites for hydroxylation is 1. The van der Waals surface area contributed by atoms with Crippen molar-refractivity contribution in [2.24, 2.45) is 5.92 Å². The summed E-state index contributed by atoms with van der Waals surface area (Å²) >= 11 is 0. The second-order valence-electron chi connectivity index (χ2n) is 4.78. The second-order valence-corrected chi connectivity index (χ2v) is 4.78. The highest BCUT2D eigenvalue weighted by Gasteiger charge is 2.22. The molecule has 0 saturated carbocycles. The Hall–Kier alpha value is -1.65. The van der Waals surface area contributed by atoms with Gasteiger partial charge in [-0.25, -0.2) is 9.97 Å². The molecule has 18 heavy (non-hydrogen) atoms. The number of hydrogen-bond acceptors (Lipinski definition) is 5. The molecule has 0 bridgehead atoms. The first-order chi connectivity index (χ1) is 8.63. The van der Waals surface area contributed by atoms with Gasteiger partial charge in [0.2, 0.25) is 0 Å².